The van der Waals surface area contributed by atoms with Crippen LogP contribution in [0.15, 0.2) is 30.3 Å². The van der Waals surface area contributed by atoms with Gasteiger partial charge in [-0.05, 0) is 32.3 Å². The highest BCUT2D eigenvalue weighted by molar-refractivity contribution is 5.87. The van der Waals surface area contributed by atoms with Crippen LogP contribution < -0.4 is 5.32 Å². The van der Waals surface area contributed by atoms with Gasteiger partial charge in [-0.2, -0.15) is 0 Å². The van der Waals surface area contributed by atoms with Gasteiger partial charge in [0.2, 0.25) is 5.91 Å². The molecule has 0 aliphatic heterocycles. The summed E-state index contributed by atoms with van der Waals surface area (Å²) in [6, 6.07) is 9.82. The van der Waals surface area contributed by atoms with Crippen LogP contribution >= 0.6 is 0 Å². The Hall–Kier alpha value is -1.35. The maximum Gasteiger partial charge on any atom is 0.230 e. The van der Waals surface area contributed by atoms with Crippen molar-refractivity contribution in [2.45, 2.75) is 51.0 Å². The molecule has 0 spiro atoms. The van der Waals surface area contributed by atoms with Gasteiger partial charge in [0.15, 0.2) is 0 Å². The van der Waals surface area contributed by atoms with Gasteiger partial charge in [0, 0.05) is 12.5 Å². The molecule has 1 aromatic rings. The van der Waals surface area contributed by atoms with Crippen LogP contribution in [0.25, 0.3) is 0 Å². The molecule has 1 aliphatic rings. The van der Waals surface area contributed by atoms with Crippen LogP contribution in [-0.4, -0.2) is 23.7 Å². The third kappa shape index (κ3) is 3.40. The number of rotatable bonds is 4. The lowest BCUT2D eigenvalue weighted by molar-refractivity contribution is -0.126. The number of hydrogen-bond donors (Lipinski definition) is 2. The van der Waals surface area contributed by atoms with Crippen LogP contribution in [-0.2, 0) is 10.2 Å². The fraction of sp³-hybridized carbons (Fsp3) is 0.588. The summed E-state index contributed by atoms with van der Waals surface area (Å²) < 4.78 is 0. The summed E-state index contributed by atoms with van der Waals surface area (Å²) in [6.45, 7) is 4.46. The first-order valence-corrected chi connectivity index (χ1v) is 7.53. The summed E-state index contributed by atoms with van der Waals surface area (Å²) in [6.07, 6.45) is 3.86. The van der Waals surface area contributed by atoms with Crippen molar-refractivity contribution >= 4 is 5.91 Å². The van der Waals surface area contributed by atoms with Crippen LogP contribution in [0, 0.1) is 5.92 Å². The van der Waals surface area contributed by atoms with Crippen LogP contribution in [0.3, 0.4) is 0 Å². The number of benzene rings is 1. The third-order valence-corrected chi connectivity index (χ3v) is 4.46. The van der Waals surface area contributed by atoms with Crippen LogP contribution in [0.4, 0.5) is 0 Å². The second kappa shape index (κ2) is 6.40. The molecular weight excluding hydrogens is 250 g/mol. The molecule has 1 amide bonds. The van der Waals surface area contributed by atoms with Crippen molar-refractivity contribution in [2.75, 3.05) is 6.54 Å². The number of amides is 1. The largest absolute Gasteiger partial charge is 0.393 e. The van der Waals surface area contributed by atoms with Crippen molar-refractivity contribution in [2.24, 2.45) is 5.92 Å². The smallest absolute Gasteiger partial charge is 0.230 e. The van der Waals surface area contributed by atoms with Crippen LogP contribution in [0.2, 0.25) is 0 Å². The van der Waals surface area contributed by atoms with Gasteiger partial charge in [-0.3, -0.25) is 4.79 Å². The molecule has 110 valence electrons. The number of carbonyl (C=O) groups is 1. The average Bonchev–Trinajstić information content (AvgIpc) is 2.47. The lowest BCUT2D eigenvalue weighted by Crippen LogP contribution is -2.44. The van der Waals surface area contributed by atoms with Gasteiger partial charge >= 0.3 is 0 Å². The summed E-state index contributed by atoms with van der Waals surface area (Å²) >= 11 is 0. The van der Waals surface area contributed by atoms with Gasteiger partial charge in [-0.15, -0.1) is 0 Å². The van der Waals surface area contributed by atoms with E-state index in [9.17, 15) is 9.90 Å². The Morgan fingerprint density at radius 1 is 1.25 bits per heavy atom. The second-order valence-corrected chi connectivity index (χ2v) is 6.31. The fourth-order valence-corrected chi connectivity index (χ4v) is 2.86. The van der Waals surface area contributed by atoms with E-state index in [0.29, 0.717) is 6.54 Å². The first-order chi connectivity index (χ1) is 9.51. The van der Waals surface area contributed by atoms with E-state index in [2.05, 4.69) is 5.32 Å². The normalized spacial score (nSPS) is 23.4. The van der Waals surface area contributed by atoms with Gasteiger partial charge in [-0.1, -0.05) is 43.2 Å². The monoisotopic (exact) mass is 275 g/mol. The molecule has 0 saturated heterocycles. The molecule has 2 rings (SSSR count). The quantitative estimate of drug-likeness (QED) is 0.887. The summed E-state index contributed by atoms with van der Waals surface area (Å²) in [5, 5.41) is 13.0. The Kier molecular flexibility index (Phi) is 4.81. The van der Waals surface area contributed by atoms with Gasteiger partial charge < -0.3 is 10.4 Å². The summed E-state index contributed by atoms with van der Waals surface area (Å²) in [5.74, 6) is 0.237. The Balaban J connectivity index is 1.94. The zero-order valence-electron chi connectivity index (χ0n) is 12.4. The molecule has 0 radical (unpaired) electrons. The Morgan fingerprint density at radius 2 is 1.90 bits per heavy atom. The highest BCUT2D eigenvalue weighted by Gasteiger charge is 2.31. The first-order valence-electron chi connectivity index (χ1n) is 7.53. The van der Waals surface area contributed by atoms with Crippen LogP contribution in [0.5, 0.6) is 0 Å². The van der Waals surface area contributed by atoms with Gasteiger partial charge in [0.25, 0.3) is 0 Å². The van der Waals surface area contributed by atoms with E-state index < -0.39 is 5.41 Å². The average molecular weight is 275 g/mol. The van der Waals surface area contributed by atoms with Gasteiger partial charge in [0.1, 0.15) is 0 Å². The van der Waals surface area contributed by atoms with E-state index in [4.69, 9.17) is 0 Å². The minimum absolute atomic E-state index is 0.0291. The van der Waals surface area contributed by atoms with Crippen molar-refractivity contribution in [3.63, 3.8) is 0 Å². The van der Waals surface area contributed by atoms with E-state index in [1.54, 1.807) is 0 Å². The Labute approximate surface area is 121 Å². The molecule has 20 heavy (non-hydrogen) atoms. The molecule has 2 unspecified atom stereocenters. The van der Waals surface area contributed by atoms with Crippen molar-refractivity contribution in [1.29, 1.82) is 0 Å². The first kappa shape index (κ1) is 15.0. The van der Waals surface area contributed by atoms with Crippen molar-refractivity contribution in [3.8, 4) is 0 Å². The maximum atomic E-state index is 12.4. The molecule has 0 aromatic heterocycles. The minimum atomic E-state index is -0.541. The highest BCUT2D eigenvalue weighted by Crippen LogP contribution is 2.25. The summed E-state index contributed by atoms with van der Waals surface area (Å²) in [7, 11) is 0. The number of aliphatic hydroxyl groups is 1. The number of aliphatic hydroxyl groups excluding tert-OH is 1. The number of nitrogens with one attached hydrogen (secondary N) is 1. The molecule has 1 aliphatic carbocycles. The van der Waals surface area contributed by atoms with Crippen molar-refractivity contribution in [1.82, 2.24) is 5.32 Å². The molecule has 1 saturated carbocycles. The standard InChI is InChI=1S/C17H25NO2/c1-17(2,14-9-4-3-5-10-14)16(20)18-12-13-8-6-7-11-15(13)19/h3-5,9-10,13,15,19H,6-8,11-12H2,1-2H3,(H,18,20). The van der Waals surface area contributed by atoms with E-state index >= 15 is 0 Å². The number of hydrogen-bond acceptors (Lipinski definition) is 2. The molecule has 1 fully saturated rings. The second-order valence-electron chi connectivity index (χ2n) is 6.31. The van der Waals surface area contributed by atoms with E-state index in [0.717, 1.165) is 31.2 Å². The zero-order chi connectivity index (χ0) is 14.6. The predicted octanol–water partition coefficient (Wildman–Crippen LogP) is 2.63. The van der Waals surface area contributed by atoms with E-state index in [-0.39, 0.29) is 17.9 Å². The lowest BCUT2D eigenvalue weighted by Gasteiger charge is -2.30. The molecule has 3 heteroatoms. The van der Waals surface area contributed by atoms with Gasteiger partial charge in [0.05, 0.1) is 11.5 Å². The van der Waals surface area contributed by atoms with E-state index in [1.807, 2.05) is 44.2 Å². The predicted molar refractivity (Wildman–Crippen MR) is 80.4 cm³/mol. The zero-order valence-corrected chi connectivity index (χ0v) is 12.4. The van der Waals surface area contributed by atoms with Crippen LogP contribution in [0.1, 0.15) is 45.1 Å². The molecule has 2 atom stereocenters. The summed E-state index contributed by atoms with van der Waals surface area (Å²) in [4.78, 5) is 12.4. The maximum absolute atomic E-state index is 12.4. The molecular formula is C17H25NO2. The SMILES string of the molecule is CC(C)(C(=O)NCC1CCCCC1O)c1ccccc1. The highest BCUT2D eigenvalue weighted by atomic mass is 16.3. The molecule has 2 N–H and O–H groups in total. The molecule has 1 aromatic carbocycles. The minimum Gasteiger partial charge on any atom is -0.393 e. The lowest BCUT2D eigenvalue weighted by atomic mass is 9.83. The molecule has 3 nitrogen and oxygen atoms in total. The Morgan fingerprint density at radius 3 is 2.55 bits per heavy atom. The fourth-order valence-electron chi connectivity index (χ4n) is 2.86. The van der Waals surface area contributed by atoms with Gasteiger partial charge in [-0.25, -0.2) is 0 Å². The summed E-state index contributed by atoms with van der Waals surface area (Å²) in [5.41, 5.74) is 0.475. The third-order valence-electron chi connectivity index (χ3n) is 4.46. The van der Waals surface area contributed by atoms with Crippen molar-refractivity contribution < 1.29 is 9.90 Å². The molecule has 0 bridgehead atoms. The van der Waals surface area contributed by atoms with Crippen molar-refractivity contribution in [3.05, 3.63) is 35.9 Å². The molecule has 0 heterocycles. The van der Waals surface area contributed by atoms with E-state index in [1.165, 1.54) is 0 Å². The number of carbonyl (C=O) groups excluding carboxylic acids is 1. The Bertz CT molecular complexity index is 442. The topological polar surface area (TPSA) is 49.3 Å².